The van der Waals surface area contributed by atoms with E-state index < -0.39 is 0 Å². The summed E-state index contributed by atoms with van der Waals surface area (Å²) in [5.74, 6) is 0.490. The summed E-state index contributed by atoms with van der Waals surface area (Å²) < 4.78 is 19.9. The molecule has 1 saturated carbocycles. The highest BCUT2D eigenvalue weighted by Crippen LogP contribution is 2.40. The topological polar surface area (TPSA) is 71.3 Å². The molecule has 28 heavy (non-hydrogen) atoms. The summed E-state index contributed by atoms with van der Waals surface area (Å²) in [5, 5.41) is 3.99. The van der Waals surface area contributed by atoms with E-state index in [0.717, 1.165) is 18.4 Å². The van der Waals surface area contributed by atoms with Gasteiger partial charge in [0.05, 0.1) is 10.9 Å². The first-order valence-corrected chi connectivity index (χ1v) is 9.30. The zero-order valence-corrected chi connectivity index (χ0v) is 16.5. The number of aryl methyl sites for hydroxylation is 2. The highest BCUT2D eigenvalue weighted by Gasteiger charge is 2.38. The van der Waals surface area contributed by atoms with Gasteiger partial charge in [0.1, 0.15) is 23.7 Å². The Balaban J connectivity index is 1.70. The van der Waals surface area contributed by atoms with Crippen LogP contribution in [0.1, 0.15) is 47.0 Å². The van der Waals surface area contributed by atoms with Crippen molar-refractivity contribution in [3.63, 3.8) is 0 Å². The van der Waals surface area contributed by atoms with Crippen LogP contribution >= 0.6 is 0 Å². The average Bonchev–Trinajstić information content (AvgIpc) is 3.26. The number of halogens is 1. The minimum atomic E-state index is -0.327. The normalized spacial score (nSPS) is 14.9. The third-order valence-corrected chi connectivity index (χ3v) is 5.25. The maximum atomic E-state index is 14.1. The molecule has 3 aromatic rings. The Morgan fingerprint density at radius 3 is 2.79 bits per heavy atom. The molecule has 1 fully saturated rings. The molecule has 4 rings (SSSR count). The number of amides is 1. The van der Waals surface area contributed by atoms with Crippen LogP contribution < -0.4 is 5.32 Å². The molecular weight excluding hydrogens is 359 g/mol. The Hall–Kier alpha value is -2.96. The zero-order valence-electron chi connectivity index (χ0n) is 16.5. The van der Waals surface area contributed by atoms with Gasteiger partial charge in [0.25, 0.3) is 5.91 Å². The summed E-state index contributed by atoms with van der Waals surface area (Å²) >= 11 is 0. The second kappa shape index (κ2) is 6.58. The van der Waals surface area contributed by atoms with Crippen LogP contribution in [0.5, 0.6) is 0 Å². The minimum absolute atomic E-state index is 0.0105. The molecule has 0 bridgehead atoms. The van der Waals surface area contributed by atoms with E-state index in [1.165, 1.54) is 17.3 Å². The van der Waals surface area contributed by atoms with Gasteiger partial charge in [-0.25, -0.2) is 14.4 Å². The summed E-state index contributed by atoms with van der Waals surface area (Å²) in [4.78, 5) is 23.2. The maximum Gasteiger partial charge on any atom is 0.258 e. The summed E-state index contributed by atoms with van der Waals surface area (Å²) in [6, 6.07) is 4.89. The van der Waals surface area contributed by atoms with E-state index in [2.05, 4.69) is 22.2 Å². The van der Waals surface area contributed by atoms with Gasteiger partial charge in [-0.3, -0.25) is 4.79 Å². The Morgan fingerprint density at radius 1 is 1.32 bits per heavy atom. The molecule has 6 nitrogen and oxygen atoms in total. The molecule has 0 atom stereocenters. The van der Waals surface area contributed by atoms with E-state index in [1.807, 2.05) is 6.92 Å². The first-order valence-electron chi connectivity index (χ1n) is 9.30. The minimum Gasteiger partial charge on any atom is -0.442 e. The molecule has 0 aliphatic heterocycles. The van der Waals surface area contributed by atoms with Gasteiger partial charge in [-0.2, -0.15) is 0 Å². The lowest BCUT2D eigenvalue weighted by atomic mass is 10.1. The highest BCUT2D eigenvalue weighted by molar-refractivity contribution is 6.10. The third-order valence-electron chi connectivity index (χ3n) is 5.25. The van der Waals surface area contributed by atoms with Gasteiger partial charge in [0, 0.05) is 24.7 Å². The standard InChI is InChI=1S/C21H23FN4O2/c1-12-5-6-15(22)14(9-12)10-26(4)20(27)16-13(2)28-19-17(16)18(23-11-24-19)25-21(3)7-8-21/h5-6,9,11H,7-8,10H2,1-4H3,(H,23,24,25). The Labute approximate surface area is 162 Å². The van der Waals surface area contributed by atoms with Gasteiger partial charge in [0.2, 0.25) is 5.71 Å². The largest absolute Gasteiger partial charge is 0.442 e. The number of hydrogen-bond acceptors (Lipinski definition) is 5. The summed E-state index contributed by atoms with van der Waals surface area (Å²) in [5.41, 5.74) is 2.19. The van der Waals surface area contributed by atoms with Crippen molar-refractivity contribution in [1.82, 2.24) is 14.9 Å². The van der Waals surface area contributed by atoms with E-state index in [4.69, 9.17) is 4.42 Å². The van der Waals surface area contributed by atoms with Crippen LogP contribution in [-0.4, -0.2) is 33.4 Å². The Morgan fingerprint density at radius 2 is 2.07 bits per heavy atom. The summed E-state index contributed by atoms with van der Waals surface area (Å²) in [7, 11) is 1.65. The van der Waals surface area contributed by atoms with Gasteiger partial charge >= 0.3 is 0 Å². The van der Waals surface area contributed by atoms with Crippen LogP contribution in [-0.2, 0) is 6.54 Å². The molecule has 1 aliphatic rings. The smallest absolute Gasteiger partial charge is 0.258 e. The SMILES string of the molecule is Cc1ccc(F)c(CN(C)C(=O)c2c(C)oc3ncnc(NC4(C)CC4)c23)c1. The number of rotatable bonds is 5. The fourth-order valence-corrected chi connectivity index (χ4v) is 3.34. The van der Waals surface area contributed by atoms with E-state index in [9.17, 15) is 9.18 Å². The number of fused-ring (bicyclic) bond motifs is 1. The van der Waals surface area contributed by atoms with Gasteiger partial charge in [0.15, 0.2) is 0 Å². The fourth-order valence-electron chi connectivity index (χ4n) is 3.34. The molecule has 0 radical (unpaired) electrons. The molecule has 2 aromatic heterocycles. The molecule has 1 aromatic carbocycles. The molecule has 0 spiro atoms. The van der Waals surface area contributed by atoms with Crippen molar-refractivity contribution in [1.29, 1.82) is 0 Å². The molecule has 0 unspecified atom stereocenters. The van der Waals surface area contributed by atoms with Crippen molar-refractivity contribution in [2.24, 2.45) is 0 Å². The second-order valence-corrected chi connectivity index (χ2v) is 7.88. The Kier molecular flexibility index (Phi) is 4.33. The Bertz CT molecular complexity index is 1070. The maximum absolute atomic E-state index is 14.1. The third kappa shape index (κ3) is 3.32. The zero-order chi connectivity index (χ0) is 20.1. The molecular formula is C21H23FN4O2. The van der Waals surface area contributed by atoms with Crippen molar-refractivity contribution < 1.29 is 13.6 Å². The number of hydrogen-bond donors (Lipinski definition) is 1. The van der Waals surface area contributed by atoms with Crippen LogP contribution in [0.25, 0.3) is 11.1 Å². The van der Waals surface area contributed by atoms with E-state index in [-0.39, 0.29) is 23.8 Å². The van der Waals surface area contributed by atoms with Crippen LogP contribution in [0, 0.1) is 19.7 Å². The lowest BCUT2D eigenvalue weighted by Gasteiger charge is -2.19. The summed E-state index contributed by atoms with van der Waals surface area (Å²) in [6.45, 7) is 5.90. The number of nitrogens with one attached hydrogen (secondary N) is 1. The number of carbonyl (C=O) groups is 1. The number of anilines is 1. The van der Waals surface area contributed by atoms with Crippen LogP contribution in [0.15, 0.2) is 28.9 Å². The van der Waals surface area contributed by atoms with Crippen molar-refractivity contribution >= 4 is 22.8 Å². The van der Waals surface area contributed by atoms with E-state index >= 15 is 0 Å². The monoisotopic (exact) mass is 382 g/mol. The van der Waals surface area contributed by atoms with Gasteiger partial charge in [-0.1, -0.05) is 17.7 Å². The number of aromatic nitrogens is 2. The van der Waals surface area contributed by atoms with Crippen LogP contribution in [0.4, 0.5) is 10.2 Å². The molecule has 146 valence electrons. The molecule has 2 heterocycles. The fraction of sp³-hybridized carbons (Fsp3) is 0.381. The predicted molar refractivity (Wildman–Crippen MR) is 105 cm³/mol. The molecule has 1 amide bonds. The quantitative estimate of drug-likeness (QED) is 0.716. The van der Waals surface area contributed by atoms with Gasteiger partial charge in [-0.05, 0) is 39.7 Å². The lowest BCUT2D eigenvalue weighted by Crippen LogP contribution is -2.27. The van der Waals surface area contributed by atoms with Gasteiger partial charge in [-0.15, -0.1) is 0 Å². The first kappa shape index (κ1) is 18.4. The average molecular weight is 382 g/mol. The number of nitrogens with zero attached hydrogens (tertiary/aromatic N) is 3. The molecule has 1 N–H and O–H groups in total. The predicted octanol–water partition coefficient (Wildman–Crippen LogP) is 4.22. The van der Waals surface area contributed by atoms with E-state index in [0.29, 0.717) is 33.8 Å². The number of furan rings is 1. The molecule has 1 aliphatic carbocycles. The van der Waals surface area contributed by atoms with Crippen molar-refractivity contribution in [2.75, 3.05) is 12.4 Å². The van der Waals surface area contributed by atoms with Crippen molar-refractivity contribution in [3.8, 4) is 0 Å². The number of carbonyl (C=O) groups excluding carboxylic acids is 1. The van der Waals surface area contributed by atoms with Crippen molar-refractivity contribution in [3.05, 3.63) is 52.8 Å². The van der Waals surface area contributed by atoms with Crippen LogP contribution in [0.2, 0.25) is 0 Å². The number of benzene rings is 1. The van der Waals surface area contributed by atoms with Gasteiger partial charge < -0.3 is 14.6 Å². The second-order valence-electron chi connectivity index (χ2n) is 7.88. The summed E-state index contributed by atoms with van der Waals surface area (Å²) in [6.07, 6.45) is 3.52. The molecule has 7 heteroatoms. The first-order chi connectivity index (χ1) is 13.3. The van der Waals surface area contributed by atoms with Crippen molar-refractivity contribution in [2.45, 2.75) is 45.7 Å². The lowest BCUT2D eigenvalue weighted by molar-refractivity contribution is 0.0783. The highest BCUT2D eigenvalue weighted by atomic mass is 19.1. The molecule has 0 saturated heterocycles. The van der Waals surface area contributed by atoms with Crippen LogP contribution in [0.3, 0.4) is 0 Å². The van der Waals surface area contributed by atoms with E-state index in [1.54, 1.807) is 26.1 Å².